The minimum atomic E-state index is -0.163. The number of carbonyl (C=O) groups excluding carboxylic acids is 1. The SMILES string of the molecule is CC1=NN(C=O)C(c2ccccc2O)C1. The van der Waals surface area contributed by atoms with E-state index in [0.717, 1.165) is 11.3 Å². The number of hydrazone groups is 1. The fourth-order valence-corrected chi connectivity index (χ4v) is 1.80. The molecule has 0 bridgehead atoms. The van der Waals surface area contributed by atoms with Crippen LogP contribution in [0.3, 0.4) is 0 Å². The lowest BCUT2D eigenvalue weighted by Crippen LogP contribution is -2.17. The number of carbonyl (C=O) groups is 1. The van der Waals surface area contributed by atoms with Gasteiger partial charge in [-0.3, -0.25) is 4.79 Å². The Balaban J connectivity index is 2.33. The first-order valence-electron chi connectivity index (χ1n) is 4.78. The van der Waals surface area contributed by atoms with E-state index in [1.807, 2.05) is 19.1 Å². The van der Waals surface area contributed by atoms with Gasteiger partial charge in [-0.05, 0) is 13.0 Å². The van der Waals surface area contributed by atoms with E-state index in [2.05, 4.69) is 5.10 Å². The summed E-state index contributed by atoms with van der Waals surface area (Å²) in [6.45, 7) is 1.87. The van der Waals surface area contributed by atoms with E-state index >= 15 is 0 Å². The highest BCUT2D eigenvalue weighted by atomic mass is 16.3. The van der Waals surface area contributed by atoms with Gasteiger partial charge in [0.1, 0.15) is 5.75 Å². The molecule has 1 aromatic carbocycles. The van der Waals surface area contributed by atoms with Crippen molar-refractivity contribution in [1.82, 2.24) is 5.01 Å². The summed E-state index contributed by atoms with van der Waals surface area (Å²) in [5, 5.41) is 15.1. The maximum atomic E-state index is 10.8. The zero-order valence-electron chi connectivity index (χ0n) is 8.42. The van der Waals surface area contributed by atoms with E-state index in [1.54, 1.807) is 12.1 Å². The second-order valence-electron chi connectivity index (χ2n) is 3.60. The zero-order valence-corrected chi connectivity index (χ0v) is 8.42. The number of para-hydroxylation sites is 1. The molecule has 0 radical (unpaired) electrons. The van der Waals surface area contributed by atoms with Crippen LogP contribution in [-0.4, -0.2) is 22.2 Å². The highest BCUT2D eigenvalue weighted by Crippen LogP contribution is 2.34. The molecule has 0 aliphatic carbocycles. The Hall–Kier alpha value is -1.84. The van der Waals surface area contributed by atoms with Gasteiger partial charge in [-0.25, -0.2) is 5.01 Å². The standard InChI is InChI=1S/C11H12N2O2/c1-8-6-10(13(7-14)12-8)9-4-2-3-5-11(9)15/h2-5,7,10,15H,6H2,1H3. The maximum absolute atomic E-state index is 10.8. The number of benzene rings is 1. The number of aromatic hydroxyl groups is 1. The van der Waals surface area contributed by atoms with Crippen molar-refractivity contribution < 1.29 is 9.90 Å². The van der Waals surface area contributed by atoms with Crippen LogP contribution in [0.4, 0.5) is 0 Å². The van der Waals surface area contributed by atoms with Gasteiger partial charge in [0.05, 0.1) is 6.04 Å². The third-order valence-corrected chi connectivity index (χ3v) is 2.50. The second-order valence-corrected chi connectivity index (χ2v) is 3.60. The minimum Gasteiger partial charge on any atom is -0.508 e. The van der Waals surface area contributed by atoms with E-state index in [-0.39, 0.29) is 11.8 Å². The molecule has 4 nitrogen and oxygen atoms in total. The van der Waals surface area contributed by atoms with E-state index < -0.39 is 0 Å². The number of nitrogens with zero attached hydrogens (tertiary/aromatic N) is 2. The van der Waals surface area contributed by atoms with Gasteiger partial charge in [-0.2, -0.15) is 5.10 Å². The van der Waals surface area contributed by atoms with E-state index in [0.29, 0.717) is 12.8 Å². The molecule has 0 spiro atoms. The Morgan fingerprint density at radius 1 is 1.53 bits per heavy atom. The highest BCUT2D eigenvalue weighted by Gasteiger charge is 2.27. The number of rotatable bonds is 2. The Labute approximate surface area is 87.8 Å². The van der Waals surface area contributed by atoms with Crippen molar-refractivity contribution in [1.29, 1.82) is 0 Å². The van der Waals surface area contributed by atoms with Crippen LogP contribution in [0.25, 0.3) is 0 Å². The summed E-state index contributed by atoms with van der Waals surface area (Å²) in [7, 11) is 0. The molecule has 0 saturated heterocycles. The van der Waals surface area contributed by atoms with Crippen molar-refractivity contribution in [2.75, 3.05) is 0 Å². The first-order valence-corrected chi connectivity index (χ1v) is 4.78. The van der Waals surface area contributed by atoms with E-state index in [9.17, 15) is 9.90 Å². The van der Waals surface area contributed by atoms with Crippen molar-refractivity contribution in [2.45, 2.75) is 19.4 Å². The topological polar surface area (TPSA) is 52.9 Å². The van der Waals surface area contributed by atoms with Gasteiger partial charge >= 0.3 is 0 Å². The van der Waals surface area contributed by atoms with Crippen molar-refractivity contribution in [2.24, 2.45) is 5.10 Å². The Bertz CT molecular complexity index is 415. The van der Waals surface area contributed by atoms with Crippen molar-refractivity contribution in [3.63, 3.8) is 0 Å². The van der Waals surface area contributed by atoms with Crippen molar-refractivity contribution in [3.05, 3.63) is 29.8 Å². The van der Waals surface area contributed by atoms with Gasteiger partial charge in [-0.1, -0.05) is 18.2 Å². The molecular weight excluding hydrogens is 192 g/mol. The fraction of sp³-hybridized carbons (Fsp3) is 0.273. The lowest BCUT2D eigenvalue weighted by atomic mass is 10.0. The Morgan fingerprint density at radius 2 is 2.27 bits per heavy atom. The number of phenols is 1. The summed E-state index contributed by atoms with van der Waals surface area (Å²) >= 11 is 0. The molecule has 4 heteroatoms. The predicted octanol–water partition coefficient (Wildman–Crippen LogP) is 1.67. The number of hydrogen-bond acceptors (Lipinski definition) is 3. The summed E-state index contributed by atoms with van der Waals surface area (Å²) < 4.78 is 0. The van der Waals surface area contributed by atoms with Crippen LogP contribution in [0.5, 0.6) is 5.75 Å². The third-order valence-electron chi connectivity index (χ3n) is 2.50. The van der Waals surface area contributed by atoms with Gasteiger partial charge in [0.15, 0.2) is 0 Å². The van der Waals surface area contributed by atoms with Crippen LogP contribution in [-0.2, 0) is 4.79 Å². The Morgan fingerprint density at radius 3 is 2.93 bits per heavy atom. The molecule has 15 heavy (non-hydrogen) atoms. The molecule has 1 N–H and O–H groups in total. The highest BCUT2D eigenvalue weighted by molar-refractivity contribution is 5.85. The molecule has 1 heterocycles. The molecular formula is C11H12N2O2. The lowest BCUT2D eigenvalue weighted by molar-refractivity contribution is -0.119. The monoisotopic (exact) mass is 204 g/mol. The normalized spacial score (nSPS) is 20.2. The predicted molar refractivity (Wildman–Crippen MR) is 56.5 cm³/mol. The van der Waals surface area contributed by atoms with Gasteiger partial charge in [-0.15, -0.1) is 0 Å². The molecule has 0 fully saturated rings. The largest absolute Gasteiger partial charge is 0.508 e. The first kappa shape index (κ1) is 9.71. The van der Waals surface area contributed by atoms with Crippen molar-refractivity contribution >= 4 is 12.1 Å². The van der Waals surface area contributed by atoms with Gasteiger partial charge < -0.3 is 5.11 Å². The maximum Gasteiger partial charge on any atom is 0.230 e. The smallest absolute Gasteiger partial charge is 0.230 e. The van der Waals surface area contributed by atoms with E-state index in [1.165, 1.54) is 5.01 Å². The van der Waals surface area contributed by atoms with Crippen LogP contribution in [0, 0.1) is 0 Å². The molecule has 2 rings (SSSR count). The Kier molecular flexibility index (Phi) is 2.41. The summed E-state index contributed by atoms with van der Waals surface area (Å²) in [6.07, 6.45) is 1.37. The lowest BCUT2D eigenvalue weighted by Gasteiger charge is -2.18. The average molecular weight is 204 g/mol. The quantitative estimate of drug-likeness (QED) is 0.745. The van der Waals surface area contributed by atoms with Gasteiger partial charge in [0.25, 0.3) is 0 Å². The molecule has 0 saturated carbocycles. The first-order chi connectivity index (χ1) is 7.22. The van der Waals surface area contributed by atoms with Crippen LogP contribution < -0.4 is 0 Å². The summed E-state index contributed by atoms with van der Waals surface area (Å²) in [5.41, 5.74) is 1.64. The zero-order chi connectivity index (χ0) is 10.8. The third kappa shape index (κ3) is 1.70. The molecule has 1 aromatic rings. The molecule has 78 valence electrons. The number of hydrogen-bond donors (Lipinski definition) is 1. The number of amides is 1. The number of phenolic OH excluding ortho intramolecular Hbond substituents is 1. The van der Waals surface area contributed by atoms with Gasteiger partial charge in [0, 0.05) is 17.7 Å². The summed E-state index contributed by atoms with van der Waals surface area (Å²) in [6, 6.07) is 6.86. The van der Waals surface area contributed by atoms with Crippen LogP contribution >= 0.6 is 0 Å². The average Bonchev–Trinajstić information content (AvgIpc) is 2.60. The van der Waals surface area contributed by atoms with Crippen LogP contribution in [0.2, 0.25) is 0 Å². The van der Waals surface area contributed by atoms with Crippen LogP contribution in [0.15, 0.2) is 29.4 Å². The molecule has 1 unspecified atom stereocenters. The minimum absolute atomic E-state index is 0.163. The summed E-state index contributed by atoms with van der Waals surface area (Å²) in [5.74, 6) is 0.208. The van der Waals surface area contributed by atoms with Crippen LogP contribution in [0.1, 0.15) is 24.9 Å². The van der Waals surface area contributed by atoms with Crippen molar-refractivity contribution in [3.8, 4) is 5.75 Å². The molecule has 1 amide bonds. The van der Waals surface area contributed by atoms with E-state index in [4.69, 9.17) is 0 Å². The second kappa shape index (κ2) is 3.73. The summed E-state index contributed by atoms with van der Waals surface area (Å²) in [4.78, 5) is 10.8. The molecule has 0 aromatic heterocycles. The molecule has 1 aliphatic heterocycles. The fourth-order valence-electron chi connectivity index (χ4n) is 1.80. The molecule has 1 atom stereocenters. The molecule has 1 aliphatic rings. The van der Waals surface area contributed by atoms with Gasteiger partial charge in [0.2, 0.25) is 6.41 Å².